The lowest BCUT2D eigenvalue weighted by Crippen LogP contribution is -2.56. The van der Waals surface area contributed by atoms with Crippen molar-refractivity contribution in [2.45, 2.75) is 13.8 Å². The summed E-state index contributed by atoms with van der Waals surface area (Å²) < 4.78 is 0. The number of aryl methyl sites for hydroxylation is 2. The third kappa shape index (κ3) is 1.22. The number of hydrogen-bond donors (Lipinski definition) is 2. The van der Waals surface area contributed by atoms with Crippen LogP contribution in [0.25, 0.3) is 0 Å². The Morgan fingerprint density at radius 1 is 1.27 bits per heavy atom. The Kier molecular flexibility index (Phi) is 1.89. The topological polar surface area (TPSA) is 57.1 Å². The van der Waals surface area contributed by atoms with E-state index >= 15 is 0 Å². The van der Waals surface area contributed by atoms with Gasteiger partial charge in [0.2, 0.25) is 0 Å². The summed E-state index contributed by atoms with van der Waals surface area (Å²) in [5.41, 5.74) is 8.47. The monoisotopic (exact) mass is 151 g/mol. The molecule has 3 heteroatoms. The van der Waals surface area contributed by atoms with Crippen LogP contribution in [-0.2, 0) is 0 Å². The highest BCUT2D eigenvalue weighted by Crippen LogP contribution is 2.20. The Morgan fingerprint density at radius 3 is 2.27 bits per heavy atom. The molecule has 0 unspecified atom stereocenters. The Bertz CT molecular complexity index is 294. The van der Waals surface area contributed by atoms with Gasteiger partial charge in [0.1, 0.15) is 5.69 Å². The summed E-state index contributed by atoms with van der Waals surface area (Å²) in [6, 6.07) is 3.76. The van der Waals surface area contributed by atoms with Crippen molar-refractivity contribution in [2.24, 2.45) is 0 Å². The number of nitrogen functional groups attached to an aromatic ring is 1. The van der Waals surface area contributed by atoms with Gasteiger partial charge in [-0.25, -0.2) is 0 Å². The van der Waals surface area contributed by atoms with Crippen molar-refractivity contribution in [1.82, 2.24) is 0 Å². The predicted molar refractivity (Wildman–Crippen MR) is 44.3 cm³/mol. The van der Waals surface area contributed by atoms with Gasteiger partial charge >= 0.3 is 0 Å². The molecule has 0 bridgehead atoms. The number of nitroso groups, excluding NO2 is 1. The van der Waals surface area contributed by atoms with E-state index in [4.69, 9.17) is 5.73 Å². The second kappa shape index (κ2) is 2.70. The van der Waals surface area contributed by atoms with Crippen LogP contribution in [0.15, 0.2) is 12.1 Å². The molecule has 0 aliphatic carbocycles. The molecule has 0 radical (unpaired) electrons. The molecule has 3 N–H and O–H groups in total. The van der Waals surface area contributed by atoms with Gasteiger partial charge < -0.3 is 5.73 Å². The van der Waals surface area contributed by atoms with E-state index in [-0.39, 0.29) is 0 Å². The molecule has 0 aromatic heterocycles. The molecule has 11 heavy (non-hydrogen) atoms. The Labute approximate surface area is 65.2 Å². The lowest BCUT2D eigenvalue weighted by atomic mass is 10.1. The highest BCUT2D eigenvalue weighted by Gasteiger charge is 2.10. The SMILES string of the molecule is Cc1ccc(C)c([NH+]=O)c1N. The fourth-order valence-electron chi connectivity index (χ4n) is 0.968. The molecule has 0 heterocycles. The smallest absolute Gasteiger partial charge is 0.279 e. The molecular weight excluding hydrogens is 140 g/mol. The van der Waals surface area contributed by atoms with E-state index in [1.807, 2.05) is 31.2 Å². The van der Waals surface area contributed by atoms with Crippen molar-refractivity contribution in [3.63, 3.8) is 0 Å². The molecule has 1 aromatic carbocycles. The van der Waals surface area contributed by atoms with E-state index in [0.717, 1.165) is 11.1 Å². The fourth-order valence-corrected chi connectivity index (χ4v) is 0.968. The minimum absolute atomic E-state index is 0.491. The lowest BCUT2D eigenvalue weighted by molar-refractivity contribution is -0.379. The average Bonchev–Trinajstić information content (AvgIpc) is 1.99. The van der Waals surface area contributed by atoms with Gasteiger partial charge in [0.25, 0.3) is 5.69 Å². The molecule has 0 aliphatic heterocycles. The van der Waals surface area contributed by atoms with Crippen LogP contribution in [0.4, 0.5) is 11.4 Å². The third-order valence-corrected chi connectivity index (χ3v) is 1.77. The van der Waals surface area contributed by atoms with Gasteiger partial charge in [-0.05, 0) is 19.4 Å². The van der Waals surface area contributed by atoms with Crippen LogP contribution >= 0.6 is 0 Å². The number of hydrogen-bond acceptors (Lipinski definition) is 2. The molecule has 1 rings (SSSR count). The maximum absolute atomic E-state index is 10.4. The zero-order chi connectivity index (χ0) is 8.43. The Balaban J connectivity index is 3.40. The molecule has 0 atom stereocenters. The van der Waals surface area contributed by atoms with Crippen molar-refractivity contribution in [1.29, 1.82) is 0 Å². The van der Waals surface area contributed by atoms with Crippen LogP contribution in [0.1, 0.15) is 11.1 Å². The van der Waals surface area contributed by atoms with E-state index in [1.165, 1.54) is 0 Å². The minimum Gasteiger partial charge on any atom is -0.393 e. The van der Waals surface area contributed by atoms with Crippen LogP contribution < -0.4 is 10.9 Å². The van der Waals surface area contributed by atoms with Gasteiger partial charge in [-0.3, -0.25) is 0 Å². The number of nitrogens with one attached hydrogen (secondary N) is 1. The summed E-state index contributed by atoms with van der Waals surface area (Å²) in [6.07, 6.45) is 0. The van der Waals surface area contributed by atoms with E-state index in [0.29, 0.717) is 11.4 Å². The summed E-state index contributed by atoms with van der Waals surface area (Å²) in [6.45, 7) is 3.71. The highest BCUT2D eigenvalue weighted by molar-refractivity contribution is 5.65. The van der Waals surface area contributed by atoms with Crippen molar-refractivity contribution in [2.75, 3.05) is 5.73 Å². The lowest BCUT2D eigenvalue weighted by Gasteiger charge is -1.99. The molecule has 58 valence electrons. The van der Waals surface area contributed by atoms with Gasteiger partial charge in [-0.2, -0.15) is 0 Å². The van der Waals surface area contributed by atoms with Crippen LogP contribution in [-0.4, -0.2) is 0 Å². The average molecular weight is 151 g/mol. The van der Waals surface area contributed by atoms with Gasteiger partial charge in [-0.15, -0.1) is 0 Å². The zero-order valence-electron chi connectivity index (χ0n) is 6.64. The minimum atomic E-state index is 0.491. The molecule has 0 aliphatic rings. The van der Waals surface area contributed by atoms with Gasteiger partial charge in [0.15, 0.2) is 0 Å². The van der Waals surface area contributed by atoms with Gasteiger partial charge in [0.05, 0.1) is 0 Å². The number of anilines is 1. The number of rotatable bonds is 1. The maximum Gasteiger partial charge on any atom is 0.279 e. The van der Waals surface area contributed by atoms with Crippen LogP contribution in [0.5, 0.6) is 0 Å². The summed E-state index contributed by atoms with van der Waals surface area (Å²) in [4.78, 5) is 10.4. The highest BCUT2D eigenvalue weighted by atomic mass is 16.3. The molecule has 0 saturated heterocycles. The molecule has 0 saturated carbocycles. The maximum atomic E-state index is 10.4. The zero-order valence-corrected chi connectivity index (χ0v) is 6.64. The van der Waals surface area contributed by atoms with Gasteiger partial charge in [0, 0.05) is 15.6 Å². The first-order valence-electron chi connectivity index (χ1n) is 3.40. The van der Waals surface area contributed by atoms with Crippen molar-refractivity contribution in [3.8, 4) is 0 Å². The standard InChI is InChI=1S/C8H10N2O/c1-5-3-4-6(2)8(10-11)7(5)9/h3-4H,9H2,1-2H3/p+1. The van der Waals surface area contributed by atoms with E-state index in [9.17, 15) is 4.91 Å². The van der Waals surface area contributed by atoms with Crippen molar-refractivity contribution >= 4 is 11.4 Å². The molecule has 0 spiro atoms. The molecule has 0 amide bonds. The molecule has 0 fully saturated rings. The van der Waals surface area contributed by atoms with E-state index in [2.05, 4.69) is 0 Å². The first-order valence-corrected chi connectivity index (χ1v) is 3.40. The first kappa shape index (κ1) is 7.72. The van der Waals surface area contributed by atoms with E-state index < -0.39 is 0 Å². The summed E-state index contributed by atoms with van der Waals surface area (Å²) >= 11 is 0. The summed E-state index contributed by atoms with van der Waals surface area (Å²) in [5.74, 6) is 0. The summed E-state index contributed by atoms with van der Waals surface area (Å²) in [5, 5.41) is 1.83. The summed E-state index contributed by atoms with van der Waals surface area (Å²) in [7, 11) is 0. The number of nitrogens with two attached hydrogens (primary N) is 1. The Hall–Kier alpha value is -1.38. The fraction of sp³-hybridized carbons (Fsp3) is 0.250. The van der Waals surface area contributed by atoms with Crippen molar-refractivity contribution in [3.05, 3.63) is 28.2 Å². The third-order valence-electron chi connectivity index (χ3n) is 1.77. The number of benzene rings is 1. The largest absolute Gasteiger partial charge is 0.393 e. The van der Waals surface area contributed by atoms with E-state index in [1.54, 1.807) is 0 Å². The quantitative estimate of drug-likeness (QED) is 0.569. The molecular formula is C8H11N2O+. The normalized spacial score (nSPS) is 9.64. The van der Waals surface area contributed by atoms with Gasteiger partial charge in [-0.1, -0.05) is 12.1 Å². The molecule has 3 nitrogen and oxygen atoms in total. The second-order valence-corrected chi connectivity index (χ2v) is 2.59. The molecule has 1 aromatic rings. The second-order valence-electron chi connectivity index (χ2n) is 2.59. The van der Waals surface area contributed by atoms with Crippen LogP contribution in [0, 0.1) is 18.8 Å². The Morgan fingerprint density at radius 2 is 1.82 bits per heavy atom. The van der Waals surface area contributed by atoms with Crippen molar-refractivity contribution < 1.29 is 5.18 Å². The van der Waals surface area contributed by atoms with Crippen LogP contribution in [0.3, 0.4) is 0 Å². The first-order chi connectivity index (χ1) is 5.16. The van der Waals surface area contributed by atoms with Crippen LogP contribution in [0.2, 0.25) is 0 Å². The predicted octanol–water partition coefficient (Wildman–Crippen LogP) is 0.364.